The lowest BCUT2D eigenvalue weighted by Gasteiger charge is -2.03. The number of aryl methyl sites for hydroxylation is 1. The lowest BCUT2D eigenvalue weighted by Crippen LogP contribution is -1.97. The van der Waals surface area contributed by atoms with E-state index in [-0.39, 0.29) is 5.75 Å². The lowest BCUT2D eigenvalue weighted by molar-refractivity contribution is 0.477. The molecule has 0 aliphatic carbocycles. The van der Waals surface area contributed by atoms with Gasteiger partial charge in [0, 0.05) is 11.3 Å². The van der Waals surface area contributed by atoms with Gasteiger partial charge >= 0.3 is 0 Å². The quantitative estimate of drug-likeness (QED) is 0.303. The van der Waals surface area contributed by atoms with Crippen molar-refractivity contribution in [2.24, 2.45) is 5.14 Å². The molecule has 0 aliphatic rings. The Hall–Kier alpha value is -1.62. The van der Waals surface area contributed by atoms with Crippen LogP contribution in [0.15, 0.2) is 18.2 Å². The van der Waals surface area contributed by atoms with Crippen LogP contribution < -0.4 is 10.5 Å². The number of benzene rings is 1. The van der Waals surface area contributed by atoms with Crippen LogP contribution in [0.5, 0.6) is 5.75 Å². The van der Waals surface area contributed by atoms with Gasteiger partial charge in [0.05, 0.1) is 5.69 Å². The summed E-state index contributed by atoms with van der Waals surface area (Å²) in [4.78, 5) is 0. The van der Waals surface area contributed by atoms with E-state index >= 15 is 0 Å². The second-order valence-electron chi connectivity index (χ2n) is 2.70. The Morgan fingerprint density at radius 2 is 2.25 bits per heavy atom. The monoisotopic (exact) mass is 242 g/mol. The minimum atomic E-state index is -2.36. The highest BCUT2D eigenvalue weighted by atomic mass is 32.2. The van der Waals surface area contributed by atoms with Gasteiger partial charge in [-0.25, -0.2) is 0 Å². The molecule has 7 heteroatoms. The predicted molar refractivity (Wildman–Crippen MR) is 59.8 cm³/mol. The normalized spacial score (nSPS) is 10.6. The first kappa shape index (κ1) is 14.4. The fourth-order valence-corrected chi connectivity index (χ4v) is 0.963. The van der Waals surface area contributed by atoms with E-state index in [0.29, 0.717) is 5.69 Å². The molecule has 1 rings (SSSR count). The molecule has 0 saturated carbocycles. The zero-order valence-corrected chi connectivity index (χ0v) is 9.45. The van der Waals surface area contributed by atoms with Crippen LogP contribution in [0.4, 0.5) is 5.69 Å². The molecule has 6 nitrogen and oxygen atoms in total. The van der Waals surface area contributed by atoms with Crippen molar-refractivity contribution in [3.8, 4) is 11.9 Å². The highest BCUT2D eigenvalue weighted by Gasteiger charge is 1.99. The Morgan fingerprint density at radius 1 is 1.69 bits per heavy atom. The van der Waals surface area contributed by atoms with Crippen molar-refractivity contribution in [1.29, 1.82) is 5.26 Å². The van der Waals surface area contributed by atoms with Crippen LogP contribution >= 0.6 is 0 Å². The molecule has 0 aromatic heterocycles. The summed E-state index contributed by atoms with van der Waals surface area (Å²) in [6.07, 6.45) is 2.66. The number of anilines is 1. The standard InChI is InChI=1S/C9H10N2O.H3NO2S/c1-2-7-3-4-9(12)8(5-7)11-6-10;1-4(2)3/h3-5,11-12H,2H2,1H3;1H2,(H,2,3)/p-1. The van der Waals surface area contributed by atoms with E-state index in [1.54, 1.807) is 18.3 Å². The van der Waals surface area contributed by atoms with Crippen molar-refractivity contribution in [3.63, 3.8) is 0 Å². The Morgan fingerprint density at radius 3 is 2.69 bits per heavy atom. The van der Waals surface area contributed by atoms with Crippen molar-refractivity contribution < 1.29 is 13.9 Å². The molecule has 0 amide bonds. The van der Waals surface area contributed by atoms with Gasteiger partial charge in [-0.2, -0.15) is 5.26 Å². The third kappa shape index (κ3) is 5.98. The van der Waals surface area contributed by atoms with Crippen molar-refractivity contribution in [1.82, 2.24) is 0 Å². The van der Waals surface area contributed by atoms with Crippen molar-refractivity contribution in [2.75, 3.05) is 5.32 Å². The van der Waals surface area contributed by atoms with Crippen molar-refractivity contribution >= 4 is 17.0 Å². The van der Waals surface area contributed by atoms with Gasteiger partial charge in [-0.1, -0.05) is 13.0 Å². The molecule has 0 bridgehead atoms. The second kappa shape index (κ2) is 7.64. The summed E-state index contributed by atoms with van der Waals surface area (Å²) >= 11 is -2.36. The molecule has 0 radical (unpaired) electrons. The topological polar surface area (TPSA) is 122 Å². The van der Waals surface area contributed by atoms with Crippen LogP contribution in [0.2, 0.25) is 0 Å². The van der Waals surface area contributed by atoms with Gasteiger partial charge in [0.15, 0.2) is 6.19 Å². The number of nitriles is 1. The number of nitrogens with two attached hydrogens (primary N) is 1. The average Bonchev–Trinajstić information content (AvgIpc) is 2.21. The highest BCUT2D eigenvalue weighted by molar-refractivity contribution is 7.76. The molecule has 1 aromatic rings. The van der Waals surface area contributed by atoms with Gasteiger partial charge in [0.1, 0.15) is 5.75 Å². The van der Waals surface area contributed by atoms with E-state index in [1.807, 2.05) is 13.0 Å². The fraction of sp³-hybridized carbons (Fsp3) is 0.222. The van der Waals surface area contributed by atoms with Crippen molar-refractivity contribution in [3.05, 3.63) is 23.8 Å². The fourth-order valence-electron chi connectivity index (χ4n) is 0.963. The second-order valence-corrected chi connectivity index (χ2v) is 3.22. The third-order valence-electron chi connectivity index (χ3n) is 1.66. The van der Waals surface area contributed by atoms with Gasteiger partial charge in [-0.15, -0.1) is 0 Å². The van der Waals surface area contributed by atoms with Crippen LogP contribution in [-0.4, -0.2) is 13.9 Å². The highest BCUT2D eigenvalue weighted by Crippen LogP contribution is 2.23. The first-order valence-corrected chi connectivity index (χ1v) is 5.45. The van der Waals surface area contributed by atoms with Gasteiger partial charge in [0.2, 0.25) is 0 Å². The van der Waals surface area contributed by atoms with Crippen LogP contribution in [0.3, 0.4) is 0 Å². The maximum Gasteiger partial charge on any atom is 0.181 e. The van der Waals surface area contributed by atoms with E-state index < -0.39 is 11.3 Å². The third-order valence-corrected chi connectivity index (χ3v) is 1.66. The predicted octanol–water partition coefficient (Wildman–Crippen LogP) is 0.587. The summed E-state index contributed by atoms with van der Waals surface area (Å²) in [6.45, 7) is 2.02. The zero-order chi connectivity index (χ0) is 12.6. The number of phenolic OH excluding ortho intramolecular Hbond substituents is 1. The Balaban J connectivity index is 0.000000487. The molecule has 0 fully saturated rings. The van der Waals surface area contributed by atoms with Crippen LogP contribution in [-0.2, 0) is 17.7 Å². The molecule has 0 spiro atoms. The maximum atomic E-state index is 9.25. The van der Waals surface area contributed by atoms with E-state index in [4.69, 9.17) is 14.0 Å². The Bertz CT molecular complexity index is 399. The van der Waals surface area contributed by atoms with Crippen LogP contribution in [0, 0.1) is 11.5 Å². The smallest absolute Gasteiger partial charge is 0.181 e. The molecule has 1 aromatic carbocycles. The number of rotatable bonds is 2. The summed E-state index contributed by atoms with van der Waals surface area (Å²) in [5, 5.41) is 24.0. The van der Waals surface area contributed by atoms with E-state index in [0.717, 1.165) is 12.0 Å². The Labute approximate surface area is 96.1 Å². The SMILES string of the molecule is CCc1ccc(O)c(NC#N)c1.NS(=O)[O-]. The lowest BCUT2D eigenvalue weighted by atomic mass is 10.1. The summed E-state index contributed by atoms with van der Waals surface area (Å²) < 4.78 is 17.6. The number of nitrogens with one attached hydrogen (secondary N) is 1. The van der Waals surface area contributed by atoms with Gasteiger partial charge in [-0.3, -0.25) is 14.7 Å². The summed E-state index contributed by atoms with van der Waals surface area (Å²) in [6, 6.07) is 5.18. The minimum absolute atomic E-state index is 0.105. The number of hydrogen-bond acceptors (Lipinski definition) is 5. The average molecular weight is 242 g/mol. The molecule has 0 saturated heterocycles. The number of nitrogens with zero attached hydrogens (tertiary/aromatic N) is 1. The molecule has 16 heavy (non-hydrogen) atoms. The molecule has 1 unspecified atom stereocenters. The first-order chi connectivity index (χ1) is 7.51. The Kier molecular flexibility index (Phi) is 6.87. The maximum absolute atomic E-state index is 9.25. The summed E-state index contributed by atoms with van der Waals surface area (Å²) in [5.74, 6) is 0.105. The molecule has 0 aliphatic heterocycles. The number of hydrogen-bond donors (Lipinski definition) is 3. The molecule has 88 valence electrons. The zero-order valence-electron chi connectivity index (χ0n) is 8.64. The number of aromatic hydroxyl groups is 1. The van der Waals surface area contributed by atoms with Crippen LogP contribution in [0.25, 0.3) is 0 Å². The first-order valence-electron chi connectivity index (χ1n) is 4.31. The minimum Gasteiger partial charge on any atom is -0.760 e. The van der Waals surface area contributed by atoms with Crippen LogP contribution in [0.1, 0.15) is 12.5 Å². The van der Waals surface area contributed by atoms with E-state index in [1.165, 1.54) is 0 Å². The molecule has 4 N–H and O–H groups in total. The van der Waals surface area contributed by atoms with E-state index in [9.17, 15) is 5.11 Å². The molecule has 0 heterocycles. The summed E-state index contributed by atoms with van der Waals surface area (Å²) in [5.41, 5.74) is 1.56. The van der Waals surface area contributed by atoms with Gasteiger partial charge < -0.3 is 9.66 Å². The van der Waals surface area contributed by atoms with E-state index in [2.05, 4.69) is 10.5 Å². The van der Waals surface area contributed by atoms with Gasteiger partial charge in [0.25, 0.3) is 0 Å². The summed E-state index contributed by atoms with van der Waals surface area (Å²) in [7, 11) is 0. The van der Waals surface area contributed by atoms with Crippen molar-refractivity contribution in [2.45, 2.75) is 13.3 Å². The van der Waals surface area contributed by atoms with Gasteiger partial charge in [-0.05, 0) is 24.1 Å². The molecule has 1 atom stereocenters. The molecular weight excluding hydrogens is 230 g/mol. The molecular formula is C9H12N3O3S-. The largest absolute Gasteiger partial charge is 0.760 e. The number of phenols is 1.